The third-order valence-corrected chi connectivity index (χ3v) is 10.9. The molecule has 5 nitrogen and oxygen atoms in total. The summed E-state index contributed by atoms with van der Waals surface area (Å²) in [4.78, 5) is 0. The molecule has 7 aromatic carbocycles. The summed E-state index contributed by atoms with van der Waals surface area (Å²) in [5, 5.41) is 25.9. The highest BCUT2D eigenvalue weighted by Crippen LogP contribution is 2.41. The van der Waals surface area contributed by atoms with Gasteiger partial charge in [0.25, 0.3) is 0 Å². The van der Waals surface area contributed by atoms with Gasteiger partial charge in [-0.1, -0.05) is 91.5 Å². The molecule has 0 N–H and O–H groups in total. The van der Waals surface area contributed by atoms with Crippen molar-refractivity contribution < 1.29 is 0 Å². The molecule has 0 aliphatic carbocycles. The number of nitriles is 2. The first-order chi connectivity index (χ1) is 27.6. The zero-order valence-corrected chi connectivity index (χ0v) is 30.6. The lowest BCUT2D eigenvalue weighted by molar-refractivity contribution is 1.12. The second-order valence-electron chi connectivity index (χ2n) is 14.0. The Bertz CT molecular complexity index is 3320. The Kier molecular flexibility index (Phi) is 7.56. The lowest BCUT2D eigenvalue weighted by atomic mass is 10.0. The Morgan fingerprint density at radius 2 is 1.11 bits per heavy atom. The van der Waals surface area contributed by atoms with E-state index < -0.39 is 0 Å². The van der Waals surface area contributed by atoms with Crippen LogP contribution in [-0.4, -0.2) is 13.7 Å². The van der Waals surface area contributed by atoms with Crippen LogP contribution in [0.25, 0.3) is 94.9 Å². The number of fused-ring (bicyclic) bond motifs is 7. The average Bonchev–Trinajstić information content (AvgIpc) is 3.89. The zero-order valence-electron chi connectivity index (χ0n) is 30.6. The summed E-state index contributed by atoms with van der Waals surface area (Å²) in [5.41, 5.74) is 13.4. The molecule has 0 spiro atoms. The van der Waals surface area contributed by atoms with E-state index in [-0.39, 0.29) is 0 Å². The van der Waals surface area contributed by atoms with Gasteiger partial charge in [0, 0.05) is 43.9 Å². The highest BCUT2D eigenvalue weighted by molar-refractivity contribution is 6.15. The van der Waals surface area contributed by atoms with Gasteiger partial charge in [0.15, 0.2) is 0 Å². The van der Waals surface area contributed by atoms with Crippen molar-refractivity contribution in [1.29, 1.82) is 10.5 Å². The number of allylic oxidation sites excluding steroid dienone is 1. The maximum Gasteiger partial charge on any atom is 0.0992 e. The molecule has 0 bridgehead atoms. The Hall–Kier alpha value is -7.86. The highest BCUT2D eigenvalue weighted by atomic mass is 15.0. The number of para-hydroxylation sites is 3. The van der Waals surface area contributed by atoms with E-state index in [0.717, 1.165) is 83.2 Å². The summed E-state index contributed by atoms with van der Waals surface area (Å²) < 4.78 is 6.83. The van der Waals surface area contributed by atoms with Crippen LogP contribution in [-0.2, 0) is 0 Å². The molecular formula is C51H33N5. The minimum absolute atomic E-state index is 0.588. The molecule has 56 heavy (non-hydrogen) atoms. The van der Waals surface area contributed by atoms with Crippen LogP contribution in [0.3, 0.4) is 0 Å². The van der Waals surface area contributed by atoms with Crippen LogP contribution in [0.5, 0.6) is 0 Å². The van der Waals surface area contributed by atoms with Gasteiger partial charge in [0.1, 0.15) is 0 Å². The van der Waals surface area contributed by atoms with Crippen molar-refractivity contribution in [2.45, 2.75) is 6.92 Å². The van der Waals surface area contributed by atoms with Crippen molar-refractivity contribution in [2.24, 2.45) is 0 Å². The largest absolute Gasteiger partial charge is 0.309 e. The molecule has 3 heterocycles. The van der Waals surface area contributed by atoms with Crippen LogP contribution >= 0.6 is 0 Å². The molecule has 0 amide bonds. The molecule has 0 aliphatic heterocycles. The van der Waals surface area contributed by atoms with Gasteiger partial charge in [-0.3, -0.25) is 0 Å². The van der Waals surface area contributed by atoms with Crippen molar-refractivity contribution >= 4 is 66.7 Å². The summed E-state index contributed by atoms with van der Waals surface area (Å²) in [6.07, 6.45) is 6.14. The fourth-order valence-electron chi connectivity index (χ4n) is 8.67. The molecule has 0 saturated carbocycles. The Morgan fingerprint density at radius 1 is 0.500 bits per heavy atom. The Labute approximate surface area is 323 Å². The number of benzene rings is 7. The van der Waals surface area contributed by atoms with E-state index >= 15 is 0 Å². The minimum Gasteiger partial charge on any atom is -0.309 e. The van der Waals surface area contributed by atoms with Crippen LogP contribution in [0.1, 0.15) is 29.3 Å². The Morgan fingerprint density at radius 3 is 1.80 bits per heavy atom. The molecule has 0 unspecified atom stereocenters. The van der Waals surface area contributed by atoms with Crippen molar-refractivity contribution in [1.82, 2.24) is 13.7 Å². The van der Waals surface area contributed by atoms with E-state index in [1.54, 1.807) is 0 Å². The molecule has 0 radical (unpaired) electrons. The second-order valence-corrected chi connectivity index (χ2v) is 14.0. The molecule has 10 aromatic rings. The smallest absolute Gasteiger partial charge is 0.0992 e. The van der Waals surface area contributed by atoms with Gasteiger partial charge < -0.3 is 13.7 Å². The number of hydrogen-bond donors (Lipinski definition) is 0. The van der Waals surface area contributed by atoms with Gasteiger partial charge in [0.2, 0.25) is 0 Å². The number of nitrogens with zero attached hydrogens (tertiary/aromatic N) is 5. The molecule has 0 saturated heterocycles. The quantitative estimate of drug-likeness (QED) is 0.172. The van der Waals surface area contributed by atoms with Crippen LogP contribution in [0, 0.1) is 22.7 Å². The summed E-state index contributed by atoms with van der Waals surface area (Å²) in [6.45, 7) is 6.29. The number of hydrogen-bond acceptors (Lipinski definition) is 2. The van der Waals surface area contributed by atoms with Gasteiger partial charge in [-0.15, -0.1) is 0 Å². The van der Waals surface area contributed by atoms with E-state index in [1.807, 2.05) is 37.3 Å². The third kappa shape index (κ3) is 4.86. The van der Waals surface area contributed by atoms with Gasteiger partial charge >= 0.3 is 0 Å². The second kappa shape index (κ2) is 12.9. The molecule has 0 atom stereocenters. The first kappa shape index (κ1) is 32.8. The third-order valence-electron chi connectivity index (χ3n) is 10.9. The molecule has 5 heteroatoms. The van der Waals surface area contributed by atoms with Crippen molar-refractivity contribution in [3.05, 3.63) is 187 Å². The van der Waals surface area contributed by atoms with E-state index in [9.17, 15) is 10.5 Å². The van der Waals surface area contributed by atoms with Gasteiger partial charge in [-0.05, 0) is 103 Å². The molecule has 0 fully saturated rings. The fraction of sp³-hybridized carbons (Fsp3) is 0.0196. The van der Waals surface area contributed by atoms with E-state index in [2.05, 4.69) is 172 Å². The molecular weight excluding hydrogens is 683 g/mol. The summed E-state index contributed by atoms with van der Waals surface area (Å²) in [5.74, 6) is 0. The van der Waals surface area contributed by atoms with Crippen molar-refractivity contribution in [2.75, 3.05) is 0 Å². The predicted octanol–water partition coefficient (Wildman–Crippen LogP) is 12.9. The Balaban J connectivity index is 1.21. The lowest BCUT2D eigenvalue weighted by Gasteiger charge is -2.14. The number of aromatic nitrogens is 3. The average molecular weight is 716 g/mol. The maximum absolute atomic E-state index is 10.3. The van der Waals surface area contributed by atoms with Crippen molar-refractivity contribution in [3.63, 3.8) is 0 Å². The van der Waals surface area contributed by atoms with E-state index in [4.69, 9.17) is 0 Å². The summed E-state index contributed by atoms with van der Waals surface area (Å²) in [7, 11) is 0. The summed E-state index contributed by atoms with van der Waals surface area (Å²) >= 11 is 0. The van der Waals surface area contributed by atoms with Crippen molar-refractivity contribution in [3.8, 4) is 40.3 Å². The normalized spacial score (nSPS) is 11.6. The SMILES string of the molecule is C=Cc1c(/C=C\C)c2ccccc2n1-c1cccc2c1c1cc(C#N)ccc1n2-c1cccc(-c2cc(C#N)cc(-n3c4ccccc4c4ccccc43)c2)c1. The minimum atomic E-state index is 0.588. The maximum atomic E-state index is 10.3. The first-order valence-electron chi connectivity index (χ1n) is 18.6. The standard InChI is InChI=1S/C51H33N5/c1-3-13-39-40-16-7-10-21-47(40)56(44(39)4-2)50-23-12-22-49-51(50)43-28-33(31-52)24-25-48(43)54(49)37-15-11-14-35(29-37)36-26-34(32-53)27-38(30-36)55-45-19-8-5-17-41(45)42-18-6-9-20-46(42)55/h3-30H,2H2,1H3/b13-3-. The van der Waals surface area contributed by atoms with Crippen LogP contribution in [0.4, 0.5) is 0 Å². The number of rotatable bonds is 6. The van der Waals surface area contributed by atoms with Gasteiger partial charge in [-0.25, -0.2) is 0 Å². The monoisotopic (exact) mass is 715 g/mol. The molecule has 3 aromatic heterocycles. The summed E-state index contributed by atoms with van der Waals surface area (Å²) in [6, 6.07) is 57.1. The fourth-order valence-corrected chi connectivity index (χ4v) is 8.67. The van der Waals surface area contributed by atoms with Crippen LogP contribution < -0.4 is 0 Å². The first-order valence-corrected chi connectivity index (χ1v) is 18.6. The topological polar surface area (TPSA) is 62.4 Å². The molecule has 262 valence electrons. The van der Waals surface area contributed by atoms with E-state index in [0.29, 0.717) is 11.1 Å². The van der Waals surface area contributed by atoms with Gasteiger partial charge in [0.05, 0.1) is 62.2 Å². The van der Waals surface area contributed by atoms with E-state index in [1.165, 1.54) is 10.8 Å². The van der Waals surface area contributed by atoms with Crippen LogP contribution in [0.2, 0.25) is 0 Å². The zero-order chi connectivity index (χ0) is 37.9. The lowest BCUT2D eigenvalue weighted by Crippen LogP contribution is -1.99. The molecule has 10 rings (SSSR count). The van der Waals surface area contributed by atoms with Crippen LogP contribution in [0.15, 0.2) is 164 Å². The highest BCUT2D eigenvalue weighted by Gasteiger charge is 2.22. The molecule has 0 aliphatic rings. The van der Waals surface area contributed by atoms with Gasteiger partial charge in [-0.2, -0.15) is 10.5 Å². The predicted molar refractivity (Wildman–Crippen MR) is 232 cm³/mol.